The molecule has 0 saturated heterocycles. The van der Waals surface area contributed by atoms with E-state index in [1.165, 1.54) is 0 Å². The molecule has 0 aliphatic rings. The van der Waals surface area contributed by atoms with Crippen molar-refractivity contribution < 1.29 is 9.90 Å². The van der Waals surface area contributed by atoms with Crippen LogP contribution in [0.2, 0.25) is 0 Å². The fourth-order valence-corrected chi connectivity index (χ4v) is 1.63. The van der Waals surface area contributed by atoms with E-state index in [0.29, 0.717) is 18.2 Å². The molecule has 0 rings (SSSR count). The van der Waals surface area contributed by atoms with Crippen molar-refractivity contribution in [1.29, 1.82) is 0 Å². The van der Waals surface area contributed by atoms with Crippen LogP contribution in [0.3, 0.4) is 0 Å². The standard InChI is InChI=1S/C11H21NO2S/c1-9(11(13)14)5-7-12(3)10(2)6-8-15-4/h5,10H,6-8H2,1-4H3,(H,13,14)/b9-5-. The highest BCUT2D eigenvalue weighted by Gasteiger charge is 2.07. The quantitative estimate of drug-likeness (QED) is 0.681. The van der Waals surface area contributed by atoms with Gasteiger partial charge in [-0.2, -0.15) is 11.8 Å². The topological polar surface area (TPSA) is 40.5 Å². The third-order valence-electron chi connectivity index (χ3n) is 2.51. The predicted molar refractivity (Wildman–Crippen MR) is 66.5 cm³/mol. The molecule has 3 nitrogen and oxygen atoms in total. The van der Waals surface area contributed by atoms with Crippen molar-refractivity contribution in [3.05, 3.63) is 11.6 Å². The molecule has 0 bridgehead atoms. The number of hydrogen-bond acceptors (Lipinski definition) is 3. The van der Waals surface area contributed by atoms with E-state index in [4.69, 9.17) is 5.11 Å². The molecule has 0 radical (unpaired) electrons. The van der Waals surface area contributed by atoms with E-state index >= 15 is 0 Å². The highest BCUT2D eigenvalue weighted by molar-refractivity contribution is 7.98. The van der Waals surface area contributed by atoms with Crippen LogP contribution in [-0.4, -0.2) is 47.6 Å². The molecule has 15 heavy (non-hydrogen) atoms. The average molecular weight is 231 g/mol. The van der Waals surface area contributed by atoms with Gasteiger partial charge in [-0.1, -0.05) is 6.08 Å². The Kier molecular flexibility index (Phi) is 7.52. The van der Waals surface area contributed by atoms with Gasteiger partial charge < -0.3 is 5.11 Å². The van der Waals surface area contributed by atoms with Gasteiger partial charge >= 0.3 is 5.97 Å². The molecular formula is C11H21NO2S. The Morgan fingerprint density at radius 2 is 2.20 bits per heavy atom. The van der Waals surface area contributed by atoms with Crippen LogP contribution >= 0.6 is 11.8 Å². The molecule has 0 fully saturated rings. The summed E-state index contributed by atoms with van der Waals surface area (Å²) in [6, 6.07) is 0.496. The van der Waals surface area contributed by atoms with Gasteiger partial charge in [-0.05, 0) is 39.3 Å². The maximum absolute atomic E-state index is 10.6. The Morgan fingerprint density at radius 1 is 1.60 bits per heavy atom. The Labute approximate surface area is 96.5 Å². The molecule has 0 heterocycles. The van der Waals surface area contributed by atoms with Crippen LogP contribution in [0, 0.1) is 0 Å². The lowest BCUT2D eigenvalue weighted by Gasteiger charge is -2.23. The van der Waals surface area contributed by atoms with Crippen LogP contribution < -0.4 is 0 Å². The van der Waals surface area contributed by atoms with Gasteiger partial charge in [0.25, 0.3) is 0 Å². The second-order valence-corrected chi connectivity index (χ2v) is 4.75. The van der Waals surface area contributed by atoms with Crippen LogP contribution in [0.4, 0.5) is 0 Å². The summed E-state index contributed by atoms with van der Waals surface area (Å²) in [6.45, 7) is 4.50. The van der Waals surface area contributed by atoms with E-state index in [9.17, 15) is 4.79 Å². The second-order valence-electron chi connectivity index (χ2n) is 3.76. The molecular weight excluding hydrogens is 210 g/mol. The zero-order valence-corrected chi connectivity index (χ0v) is 10.8. The van der Waals surface area contributed by atoms with Crippen LogP contribution in [0.1, 0.15) is 20.3 Å². The highest BCUT2D eigenvalue weighted by atomic mass is 32.2. The first-order valence-corrected chi connectivity index (χ1v) is 6.47. The van der Waals surface area contributed by atoms with Crippen LogP contribution in [0.25, 0.3) is 0 Å². The molecule has 1 unspecified atom stereocenters. The van der Waals surface area contributed by atoms with Crippen molar-refractivity contribution in [2.75, 3.05) is 25.6 Å². The summed E-state index contributed by atoms with van der Waals surface area (Å²) in [4.78, 5) is 12.7. The maximum Gasteiger partial charge on any atom is 0.330 e. The van der Waals surface area contributed by atoms with Gasteiger partial charge in [0.05, 0.1) is 0 Å². The normalized spacial score (nSPS) is 14.3. The second kappa shape index (κ2) is 7.77. The van der Waals surface area contributed by atoms with E-state index in [1.807, 2.05) is 18.8 Å². The lowest BCUT2D eigenvalue weighted by Crippen LogP contribution is -2.30. The fraction of sp³-hybridized carbons (Fsp3) is 0.727. The number of carboxylic acids is 1. The molecule has 0 aliphatic heterocycles. The largest absolute Gasteiger partial charge is 0.478 e. The lowest BCUT2D eigenvalue weighted by molar-refractivity contribution is -0.132. The minimum atomic E-state index is -0.833. The summed E-state index contributed by atoms with van der Waals surface area (Å²) < 4.78 is 0. The summed E-state index contributed by atoms with van der Waals surface area (Å²) in [7, 11) is 2.02. The van der Waals surface area contributed by atoms with Crippen LogP contribution in [-0.2, 0) is 4.79 Å². The minimum absolute atomic E-state index is 0.416. The third kappa shape index (κ3) is 6.57. The monoisotopic (exact) mass is 231 g/mol. The molecule has 0 saturated carbocycles. The summed E-state index contributed by atoms with van der Waals surface area (Å²) in [5, 5.41) is 8.68. The summed E-state index contributed by atoms with van der Waals surface area (Å²) in [5.74, 6) is 0.313. The van der Waals surface area contributed by atoms with E-state index in [2.05, 4.69) is 18.1 Å². The first-order valence-electron chi connectivity index (χ1n) is 5.08. The predicted octanol–water partition coefficient (Wildman–Crippen LogP) is 2.09. The average Bonchev–Trinajstić information content (AvgIpc) is 2.21. The molecule has 0 spiro atoms. The zero-order chi connectivity index (χ0) is 11.8. The number of likely N-dealkylation sites (N-methyl/N-ethyl adjacent to an activating group) is 1. The number of carboxylic acid groups (broad SMARTS) is 1. The van der Waals surface area contributed by atoms with Gasteiger partial charge in [-0.15, -0.1) is 0 Å². The highest BCUT2D eigenvalue weighted by Crippen LogP contribution is 2.06. The van der Waals surface area contributed by atoms with E-state index in [-0.39, 0.29) is 0 Å². The number of aliphatic carboxylic acids is 1. The number of carbonyl (C=O) groups is 1. The van der Waals surface area contributed by atoms with Crippen molar-refractivity contribution in [1.82, 2.24) is 4.90 Å². The van der Waals surface area contributed by atoms with E-state index in [1.54, 1.807) is 13.0 Å². The third-order valence-corrected chi connectivity index (χ3v) is 3.16. The van der Waals surface area contributed by atoms with Crippen LogP contribution in [0.15, 0.2) is 11.6 Å². The van der Waals surface area contributed by atoms with Gasteiger partial charge in [0.15, 0.2) is 0 Å². The first kappa shape index (κ1) is 14.5. The van der Waals surface area contributed by atoms with E-state index in [0.717, 1.165) is 12.2 Å². The molecule has 0 amide bonds. The van der Waals surface area contributed by atoms with Crippen molar-refractivity contribution in [3.8, 4) is 0 Å². The number of hydrogen-bond donors (Lipinski definition) is 1. The Bertz CT molecular complexity index is 229. The van der Waals surface area contributed by atoms with Crippen LogP contribution in [0.5, 0.6) is 0 Å². The number of nitrogens with zero attached hydrogens (tertiary/aromatic N) is 1. The van der Waals surface area contributed by atoms with Gasteiger partial charge in [-0.3, -0.25) is 4.90 Å². The molecule has 4 heteroatoms. The summed E-state index contributed by atoms with van der Waals surface area (Å²) in [5.41, 5.74) is 0.416. The van der Waals surface area contributed by atoms with Gasteiger partial charge in [-0.25, -0.2) is 4.79 Å². The van der Waals surface area contributed by atoms with Crippen molar-refractivity contribution >= 4 is 17.7 Å². The zero-order valence-electron chi connectivity index (χ0n) is 9.99. The summed E-state index contributed by atoms with van der Waals surface area (Å²) >= 11 is 1.84. The maximum atomic E-state index is 10.6. The smallest absolute Gasteiger partial charge is 0.330 e. The van der Waals surface area contributed by atoms with Gasteiger partial charge in [0, 0.05) is 18.2 Å². The van der Waals surface area contributed by atoms with Gasteiger partial charge in [0.2, 0.25) is 0 Å². The molecule has 88 valence electrons. The van der Waals surface area contributed by atoms with Crippen molar-refractivity contribution in [2.45, 2.75) is 26.3 Å². The lowest BCUT2D eigenvalue weighted by atomic mass is 10.2. The Hall–Kier alpha value is -0.480. The SMILES string of the molecule is CSCCC(C)N(C)C/C=C(/C)C(=O)O. The Balaban J connectivity index is 3.96. The van der Waals surface area contributed by atoms with Crippen molar-refractivity contribution in [3.63, 3.8) is 0 Å². The number of rotatable bonds is 7. The molecule has 1 N–H and O–H groups in total. The molecule has 0 aromatic rings. The minimum Gasteiger partial charge on any atom is -0.478 e. The van der Waals surface area contributed by atoms with Gasteiger partial charge in [0.1, 0.15) is 0 Å². The molecule has 0 aromatic carbocycles. The Morgan fingerprint density at radius 3 is 2.67 bits per heavy atom. The number of thioether (sulfide) groups is 1. The first-order chi connectivity index (χ1) is 6.99. The molecule has 1 atom stereocenters. The summed E-state index contributed by atoms with van der Waals surface area (Å²) in [6.07, 6.45) is 5.00. The molecule has 0 aromatic heterocycles. The van der Waals surface area contributed by atoms with Crippen molar-refractivity contribution in [2.24, 2.45) is 0 Å². The molecule has 0 aliphatic carbocycles. The fourth-order valence-electron chi connectivity index (χ4n) is 1.06. The van der Waals surface area contributed by atoms with E-state index < -0.39 is 5.97 Å².